The van der Waals surface area contributed by atoms with E-state index in [0.717, 1.165) is 35.3 Å². The van der Waals surface area contributed by atoms with Crippen LogP contribution in [0.3, 0.4) is 0 Å². The Morgan fingerprint density at radius 3 is 2.45 bits per heavy atom. The smallest absolute Gasteiger partial charge is 0.406 e. The summed E-state index contributed by atoms with van der Waals surface area (Å²) in [6.45, 7) is 0.390. The molecule has 1 aliphatic rings. The Bertz CT molecular complexity index is 1070. The van der Waals surface area contributed by atoms with Crippen LogP contribution in [0.2, 0.25) is 5.02 Å². The van der Waals surface area contributed by atoms with Gasteiger partial charge in [-0.05, 0) is 54.3 Å². The van der Waals surface area contributed by atoms with Crippen LogP contribution >= 0.6 is 11.6 Å². The highest BCUT2D eigenvalue weighted by atomic mass is 35.5. The van der Waals surface area contributed by atoms with Crippen LogP contribution in [0, 0.1) is 0 Å². The largest absolute Gasteiger partial charge is 0.573 e. The number of nitrogens with zero attached hydrogens (tertiary/aromatic N) is 2. The second kappa shape index (κ2) is 10.3. The second-order valence-corrected chi connectivity index (χ2v) is 8.41. The first-order valence-corrected chi connectivity index (χ1v) is 11.2. The maximum atomic E-state index is 12.3. The third kappa shape index (κ3) is 6.74. The molecule has 0 amide bonds. The summed E-state index contributed by atoms with van der Waals surface area (Å²) in [7, 11) is 0. The monoisotopic (exact) mass is 476 g/mol. The van der Waals surface area contributed by atoms with E-state index in [9.17, 15) is 13.2 Å². The summed E-state index contributed by atoms with van der Waals surface area (Å²) in [5.74, 6) is 1.17. The first-order chi connectivity index (χ1) is 15.9. The van der Waals surface area contributed by atoms with Crippen LogP contribution in [-0.4, -0.2) is 22.4 Å². The van der Waals surface area contributed by atoms with E-state index >= 15 is 0 Å². The minimum Gasteiger partial charge on any atom is -0.406 e. The molecular formula is C24H24ClF3N4O. The number of hydrogen-bond donors (Lipinski definition) is 2. The highest BCUT2D eigenvalue weighted by molar-refractivity contribution is 6.33. The van der Waals surface area contributed by atoms with Crippen LogP contribution in [0.25, 0.3) is 11.1 Å². The molecule has 9 heteroatoms. The van der Waals surface area contributed by atoms with Crippen LogP contribution in [0.1, 0.15) is 37.7 Å². The van der Waals surface area contributed by atoms with Gasteiger partial charge in [-0.3, -0.25) is 0 Å². The van der Waals surface area contributed by atoms with E-state index in [-0.39, 0.29) is 5.75 Å². The molecule has 0 atom stereocenters. The van der Waals surface area contributed by atoms with Crippen LogP contribution in [-0.2, 0) is 6.54 Å². The molecule has 1 aromatic carbocycles. The molecule has 1 aliphatic carbocycles. The predicted molar refractivity (Wildman–Crippen MR) is 123 cm³/mol. The van der Waals surface area contributed by atoms with E-state index in [2.05, 4.69) is 25.3 Å². The first kappa shape index (κ1) is 23.2. The minimum atomic E-state index is -4.70. The molecule has 174 valence electrons. The van der Waals surface area contributed by atoms with Crippen molar-refractivity contribution in [2.45, 2.75) is 51.1 Å². The average molecular weight is 477 g/mol. The van der Waals surface area contributed by atoms with Crippen LogP contribution in [0.4, 0.5) is 24.8 Å². The number of alkyl halides is 3. The van der Waals surface area contributed by atoms with Gasteiger partial charge in [0.1, 0.15) is 17.4 Å². The number of aromatic nitrogens is 2. The van der Waals surface area contributed by atoms with Crippen LogP contribution in [0.15, 0.2) is 54.9 Å². The summed E-state index contributed by atoms with van der Waals surface area (Å²) < 4.78 is 40.8. The number of pyridine rings is 2. The van der Waals surface area contributed by atoms with Crippen molar-refractivity contribution in [3.05, 3.63) is 65.4 Å². The number of nitrogens with one attached hydrogen (secondary N) is 2. The number of hydrogen-bond acceptors (Lipinski definition) is 5. The van der Waals surface area contributed by atoms with Gasteiger partial charge in [0.2, 0.25) is 0 Å². The Labute approximate surface area is 195 Å². The lowest BCUT2D eigenvalue weighted by Gasteiger charge is -2.23. The molecule has 0 aliphatic heterocycles. The zero-order valence-corrected chi connectivity index (χ0v) is 18.6. The molecule has 2 aromatic heterocycles. The topological polar surface area (TPSA) is 59.1 Å². The van der Waals surface area contributed by atoms with Gasteiger partial charge >= 0.3 is 6.36 Å². The fourth-order valence-corrected chi connectivity index (χ4v) is 4.10. The Kier molecular flexibility index (Phi) is 7.23. The van der Waals surface area contributed by atoms with Gasteiger partial charge in [0.25, 0.3) is 0 Å². The molecule has 3 aromatic rings. The number of anilines is 2. The Balaban J connectivity index is 1.43. The minimum absolute atomic E-state index is 0.253. The van der Waals surface area contributed by atoms with Crippen molar-refractivity contribution < 1.29 is 17.9 Å². The average Bonchev–Trinajstić information content (AvgIpc) is 2.80. The Morgan fingerprint density at radius 2 is 1.73 bits per heavy atom. The molecule has 0 unspecified atom stereocenters. The Morgan fingerprint density at radius 1 is 0.970 bits per heavy atom. The van der Waals surface area contributed by atoms with Crippen molar-refractivity contribution in [1.29, 1.82) is 0 Å². The molecule has 0 radical (unpaired) electrons. The van der Waals surface area contributed by atoms with Gasteiger partial charge < -0.3 is 15.4 Å². The summed E-state index contributed by atoms with van der Waals surface area (Å²) in [6, 6.07) is 11.9. The standard InChI is InChI=1S/C24H24ClF3N4O/c25-21-15-31-23(32-18-4-2-1-3-5-18)13-20(21)17-10-11-29-22(12-17)30-14-16-6-8-19(9-7-16)33-24(26,27)28/h6-13,15,18H,1-5,14H2,(H,29,30)(H,31,32). The predicted octanol–water partition coefficient (Wildman–Crippen LogP) is 7.05. The lowest BCUT2D eigenvalue weighted by atomic mass is 9.95. The zero-order chi connectivity index (χ0) is 23.3. The van der Waals surface area contributed by atoms with Crippen molar-refractivity contribution in [2.24, 2.45) is 0 Å². The molecular weight excluding hydrogens is 453 g/mol. The lowest BCUT2D eigenvalue weighted by molar-refractivity contribution is -0.274. The quantitative estimate of drug-likeness (QED) is 0.382. The van der Waals surface area contributed by atoms with E-state index in [0.29, 0.717) is 23.4 Å². The van der Waals surface area contributed by atoms with E-state index in [1.807, 2.05) is 18.2 Å². The molecule has 0 spiro atoms. The Hall–Kier alpha value is -3.00. The van der Waals surface area contributed by atoms with Crippen molar-refractivity contribution in [1.82, 2.24) is 9.97 Å². The molecule has 0 bridgehead atoms. The summed E-state index contributed by atoms with van der Waals surface area (Å²) in [4.78, 5) is 8.76. The highest BCUT2D eigenvalue weighted by Gasteiger charge is 2.30. The normalized spacial score (nSPS) is 14.7. The first-order valence-electron chi connectivity index (χ1n) is 10.8. The van der Waals surface area contributed by atoms with Crippen molar-refractivity contribution in [3.8, 4) is 16.9 Å². The third-order valence-electron chi connectivity index (χ3n) is 5.51. The number of rotatable bonds is 7. The van der Waals surface area contributed by atoms with Crippen molar-refractivity contribution in [3.63, 3.8) is 0 Å². The van der Waals surface area contributed by atoms with Gasteiger partial charge in [-0.15, -0.1) is 13.2 Å². The van der Waals surface area contributed by atoms with Gasteiger partial charge in [0, 0.05) is 30.5 Å². The van der Waals surface area contributed by atoms with Crippen LogP contribution in [0.5, 0.6) is 5.75 Å². The fraction of sp³-hybridized carbons (Fsp3) is 0.333. The molecule has 0 saturated heterocycles. The number of halogens is 4. The molecule has 5 nitrogen and oxygen atoms in total. The van der Waals surface area contributed by atoms with Gasteiger partial charge in [-0.25, -0.2) is 9.97 Å². The third-order valence-corrected chi connectivity index (χ3v) is 5.82. The summed E-state index contributed by atoms with van der Waals surface area (Å²) >= 11 is 6.44. The van der Waals surface area contributed by atoms with E-state index in [4.69, 9.17) is 11.6 Å². The fourth-order valence-electron chi connectivity index (χ4n) is 3.89. The van der Waals surface area contributed by atoms with E-state index in [1.165, 1.54) is 31.4 Å². The molecule has 1 saturated carbocycles. The zero-order valence-electron chi connectivity index (χ0n) is 17.8. The summed E-state index contributed by atoms with van der Waals surface area (Å²) in [5, 5.41) is 7.25. The van der Waals surface area contributed by atoms with Crippen LogP contribution < -0.4 is 15.4 Å². The maximum absolute atomic E-state index is 12.3. The van der Waals surface area contributed by atoms with Gasteiger partial charge in [0.15, 0.2) is 0 Å². The van der Waals surface area contributed by atoms with E-state index in [1.54, 1.807) is 24.5 Å². The summed E-state index contributed by atoms with van der Waals surface area (Å²) in [5.41, 5.74) is 2.53. The summed E-state index contributed by atoms with van der Waals surface area (Å²) in [6.07, 6.45) is 4.67. The molecule has 2 N–H and O–H groups in total. The maximum Gasteiger partial charge on any atom is 0.573 e. The second-order valence-electron chi connectivity index (χ2n) is 8.00. The lowest BCUT2D eigenvalue weighted by Crippen LogP contribution is -2.22. The molecule has 33 heavy (non-hydrogen) atoms. The van der Waals surface area contributed by atoms with Gasteiger partial charge in [-0.2, -0.15) is 0 Å². The highest BCUT2D eigenvalue weighted by Crippen LogP contribution is 2.31. The SMILES string of the molecule is FC(F)(F)Oc1ccc(CNc2cc(-c3cc(NC4CCCCC4)ncc3Cl)ccn2)cc1. The number of benzene rings is 1. The molecule has 1 fully saturated rings. The number of ether oxygens (including phenoxy) is 1. The van der Waals surface area contributed by atoms with Crippen molar-refractivity contribution >= 4 is 23.2 Å². The van der Waals surface area contributed by atoms with Crippen molar-refractivity contribution in [2.75, 3.05) is 10.6 Å². The van der Waals surface area contributed by atoms with E-state index < -0.39 is 6.36 Å². The molecule has 4 rings (SSSR count). The molecule has 2 heterocycles. The van der Waals surface area contributed by atoms with Gasteiger partial charge in [0.05, 0.1) is 5.02 Å². The van der Waals surface area contributed by atoms with Gasteiger partial charge in [-0.1, -0.05) is 43.0 Å².